The van der Waals surface area contributed by atoms with Crippen molar-refractivity contribution < 1.29 is 24.9 Å². The van der Waals surface area contributed by atoms with E-state index in [-0.39, 0.29) is 24.9 Å². The van der Waals surface area contributed by atoms with E-state index in [0.29, 0.717) is 12.2 Å². The van der Waals surface area contributed by atoms with Crippen LogP contribution in [0.25, 0.3) is 6.08 Å². The average Bonchev–Trinajstić information content (AvgIpc) is 2.90. The van der Waals surface area contributed by atoms with Gasteiger partial charge in [0.05, 0.1) is 11.7 Å². The van der Waals surface area contributed by atoms with Crippen molar-refractivity contribution in [1.82, 2.24) is 0 Å². The smallest absolute Gasteiger partial charge is 0.303 e. The van der Waals surface area contributed by atoms with Crippen LogP contribution in [0.5, 0.6) is 5.75 Å². The second-order valence-electron chi connectivity index (χ2n) is 10.6. The Labute approximate surface area is 229 Å². The molecular formula is C33H48O5. The summed E-state index contributed by atoms with van der Waals surface area (Å²) in [6, 6.07) is 12.9. The van der Waals surface area contributed by atoms with Crippen LogP contribution >= 0.6 is 0 Å². The standard InChI is InChI=1S/C33H48O5/c1-7-11-19-32(37,8-2)20-18-26-12-13-27(21-24(26)5)33(9-3,10-4)28-14-16-30(25(6)22-28)38-23-29(34)15-17-31(35)36/h12-14,16,18,20-22,29,34,37H,7-11,15,17,19,23H2,1-6H3,(H,35,36)/b20-18+. The molecule has 3 N–H and O–H groups in total. The Kier molecular flexibility index (Phi) is 12.1. The van der Waals surface area contributed by atoms with Crippen molar-refractivity contribution in [3.05, 3.63) is 70.3 Å². The first-order chi connectivity index (χ1) is 18.0. The first-order valence-electron chi connectivity index (χ1n) is 14.2. The van der Waals surface area contributed by atoms with Crippen molar-refractivity contribution in [3.63, 3.8) is 0 Å². The Bertz CT molecular complexity index is 1070. The van der Waals surface area contributed by atoms with Crippen molar-refractivity contribution in [3.8, 4) is 5.75 Å². The van der Waals surface area contributed by atoms with Crippen molar-refractivity contribution in [1.29, 1.82) is 0 Å². The van der Waals surface area contributed by atoms with Gasteiger partial charge in [-0.05, 0) is 79.8 Å². The van der Waals surface area contributed by atoms with Gasteiger partial charge in [-0.15, -0.1) is 0 Å². The number of carboxylic acids is 1. The summed E-state index contributed by atoms with van der Waals surface area (Å²) in [6.45, 7) is 12.8. The Hall–Kier alpha value is -2.63. The molecule has 0 bridgehead atoms. The number of hydrogen-bond acceptors (Lipinski definition) is 4. The number of unbranched alkanes of at least 4 members (excludes halogenated alkanes) is 1. The lowest BCUT2D eigenvalue weighted by molar-refractivity contribution is -0.137. The fourth-order valence-electron chi connectivity index (χ4n) is 5.17. The molecule has 0 saturated heterocycles. The molecule has 0 heterocycles. The van der Waals surface area contributed by atoms with E-state index < -0.39 is 17.7 Å². The molecule has 38 heavy (non-hydrogen) atoms. The molecule has 2 rings (SSSR count). The lowest BCUT2D eigenvalue weighted by Gasteiger charge is -2.34. The molecule has 5 heteroatoms. The van der Waals surface area contributed by atoms with Crippen molar-refractivity contribution in [2.24, 2.45) is 0 Å². The monoisotopic (exact) mass is 524 g/mol. The minimum Gasteiger partial charge on any atom is -0.491 e. The van der Waals surface area contributed by atoms with E-state index in [1.54, 1.807) is 0 Å². The van der Waals surface area contributed by atoms with E-state index in [1.165, 1.54) is 16.7 Å². The summed E-state index contributed by atoms with van der Waals surface area (Å²) in [4.78, 5) is 10.7. The zero-order chi connectivity index (χ0) is 28.3. The summed E-state index contributed by atoms with van der Waals surface area (Å²) in [5.74, 6) is -0.221. The van der Waals surface area contributed by atoms with Gasteiger partial charge in [0.15, 0.2) is 0 Å². The molecule has 0 saturated carbocycles. The summed E-state index contributed by atoms with van der Waals surface area (Å²) < 4.78 is 5.82. The van der Waals surface area contributed by atoms with Crippen molar-refractivity contribution >= 4 is 12.0 Å². The van der Waals surface area contributed by atoms with E-state index in [4.69, 9.17) is 9.84 Å². The molecule has 2 aromatic rings. The number of aliphatic carboxylic acids is 1. The van der Waals surface area contributed by atoms with Crippen LogP contribution in [0.1, 0.15) is 107 Å². The number of aliphatic hydroxyl groups is 2. The zero-order valence-corrected chi connectivity index (χ0v) is 24.2. The maximum Gasteiger partial charge on any atom is 0.303 e. The maximum absolute atomic E-state index is 10.9. The molecule has 2 aromatic carbocycles. The number of rotatable bonds is 16. The third-order valence-electron chi connectivity index (χ3n) is 8.03. The molecule has 0 amide bonds. The van der Waals surface area contributed by atoms with Gasteiger partial charge in [-0.3, -0.25) is 4.79 Å². The maximum atomic E-state index is 10.9. The molecule has 2 unspecified atom stereocenters. The van der Waals surface area contributed by atoms with Crippen LogP contribution in [-0.2, 0) is 10.2 Å². The molecule has 2 atom stereocenters. The highest BCUT2D eigenvalue weighted by molar-refractivity contribution is 5.66. The van der Waals surface area contributed by atoms with Crippen LogP contribution < -0.4 is 4.74 Å². The predicted molar refractivity (Wildman–Crippen MR) is 156 cm³/mol. The lowest BCUT2D eigenvalue weighted by atomic mass is 9.70. The number of carboxylic acid groups (broad SMARTS) is 1. The molecule has 0 aromatic heterocycles. The zero-order valence-electron chi connectivity index (χ0n) is 24.2. The second kappa shape index (κ2) is 14.5. The van der Waals surface area contributed by atoms with Gasteiger partial charge < -0.3 is 20.1 Å². The molecular weight excluding hydrogens is 476 g/mol. The number of carbonyl (C=O) groups is 1. The highest BCUT2D eigenvalue weighted by Crippen LogP contribution is 2.41. The van der Waals surface area contributed by atoms with Gasteiger partial charge in [0.2, 0.25) is 0 Å². The van der Waals surface area contributed by atoms with E-state index in [0.717, 1.165) is 43.2 Å². The number of aryl methyl sites for hydroxylation is 2. The third-order valence-corrected chi connectivity index (χ3v) is 8.03. The molecule has 0 aliphatic carbocycles. The first kappa shape index (κ1) is 31.6. The minimum absolute atomic E-state index is 0.0694. The van der Waals surface area contributed by atoms with Gasteiger partial charge in [0.25, 0.3) is 0 Å². The van der Waals surface area contributed by atoms with Gasteiger partial charge in [-0.1, -0.05) is 83.0 Å². The highest BCUT2D eigenvalue weighted by atomic mass is 16.5. The quantitative estimate of drug-likeness (QED) is 0.214. The molecule has 5 nitrogen and oxygen atoms in total. The van der Waals surface area contributed by atoms with Crippen LogP contribution in [-0.4, -0.2) is 39.6 Å². The third kappa shape index (κ3) is 8.18. The van der Waals surface area contributed by atoms with Gasteiger partial charge in [0.1, 0.15) is 12.4 Å². The van der Waals surface area contributed by atoms with Crippen LogP contribution in [0.2, 0.25) is 0 Å². The minimum atomic E-state index is -0.922. The second-order valence-corrected chi connectivity index (χ2v) is 10.6. The van der Waals surface area contributed by atoms with E-state index in [2.05, 4.69) is 64.1 Å². The fourth-order valence-corrected chi connectivity index (χ4v) is 5.17. The Balaban J connectivity index is 2.29. The van der Waals surface area contributed by atoms with Crippen LogP contribution in [0.4, 0.5) is 0 Å². The largest absolute Gasteiger partial charge is 0.491 e. The summed E-state index contributed by atoms with van der Waals surface area (Å²) in [5.41, 5.74) is 4.88. The molecule has 0 fully saturated rings. The van der Waals surface area contributed by atoms with E-state index >= 15 is 0 Å². The van der Waals surface area contributed by atoms with Gasteiger partial charge in [0, 0.05) is 11.8 Å². The van der Waals surface area contributed by atoms with Crippen LogP contribution in [0, 0.1) is 13.8 Å². The van der Waals surface area contributed by atoms with Gasteiger partial charge >= 0.3 is 5.97 Å². The Morgan fingerprint density at radius 1 is 0.974 bits per heavy atom. The van der Waals surface area contributed by atoms with Crippen LogP contribution in [0.3, 0.4) is 0 Å². The average molecular weight is 525 g/mol. The normalized spacial score (nSPS) is 14.4. The van der Waals surface area contributed by atoms with Crippen LogP contribution in [0.15, 0.2) is 42.5 Å². The number of benzene rings is 2. The van der Waals surface area contributed by atoms with E-state index in [1.807, 2.05) is 26.0 Å². The number of ether oxygens (including phenoxy) is 1. The van der Waals surface area contributed by atoms with E-state index in [9.17, 15) is 15.0 Å². The topological polar surface area (TPSA) is 87.0 Å². The summed E-state index contributed by atoms with van der Waals surface area (Å²) >= 11 is 0. The predicted octanol–water partition coefficient (Wildman–Crippen LogP) is 7.36. The molecule has 210 valence electrons. The lowest BCUT2D eigenvalue weighted by Crippen LogP contribution is -2.26. The first-order valence-corrected chi connectivity index (χ1v) is 14.2. The summed E-state index contributed by atoms with van der Waals surface area (Å²) in [7, 11) is 0. The molecule has 0 aliphatic heterocycles. The Morgan fingerprint density at radius 3 is 2.13 bits per heavy atom. The van der Waals surface area contributed by atoms with Crippen molar-refractivity contribution in [2.45, 2.75) is 110 Å². The highest BCUT2D eigenvalue weighted by Gasteiger charge is 2.31. The molecule has 0 spiro atoms. The molecule has 0 radical (unpaired) electrons. The van der Waals surface area contributed by atoms with Gasteiger partial charge in [-0.25, -0.2) is 0 Å². The SMILES string of the molecule is CCCCC(O)(/C=C/c1ccc(C(CC)(CC)c2ccc(OCC(O)CCC(=O)O)c(C)c2)cc1C)CC. The summed E-state index contributed by atoms with van der Waals surface area (Å²) in [5, 5.41) is 29.8. The Morgan fingerprint density at radius 2 is 1.61 bits per heavy atom. The van der Waals surface area contributed by atoms with Gasteiger partial charge in [-0.2, -0.15) is 0 Å². The molecule has 0 aliphatic rings. The fraction of sp³-hybridized carbons (Fsp3) is 0.545. The number of aliphatic hydroxyl groups excluding tert-OH is 1. The van der Waals surface area contributed by atoms with Crippen molar-refractivity contribution in [2.75, 3.05) is 6.61 Å². The summed E-state index contributed by atoms with van der Waals surface area (Å²) in [6.07, 6.45) is 8.77. The number of hydrogen-bond donors (Lipinski definition) is 3.